The van der Waals surface area contributed by atoms with E-state index in [2.05, 4.69) is 10.1 Å². The van der Waals surface area contributed by atoms with Crippen molar-refractivity contribution in [2.45, 2.75) is 51.0 Å². The van der Waals surface area contributed by atoms with Gasteiger partial charge < -0.3 is 9.26 Å². The topological polar surface area (TPSA) is 85.5 Å². The highest BCUT2D eigenvalue weighted by Crippen LogP contribution is 2.28. The number of nitrogens with zero attached hydrogens (tertiary/aromatic N) is 3. The van der Waals surface area contributed by atoms with Crippen LogP contribution in [0.1, 0.15) is 49.7 Å². The summed E-state index contributed by atoms with van der Waals surface area (Å²) in [6, 6.07) is 0. The van der Waals surface area contributed by atoms with Crippen molar-refractivity contribution in [2.75, 3.05) is 25.4 Å². The molecule has 2 aliphatic heterocycles. The van der Waals surface area contributed by atoms with Crippen LogP contribution in [-0.4, -0.2) is 54.4 Å². The summed E-state index contributed by atoms with van der Waals surface area (Å²) in [4.78, 5) is 4.24. The standard InChI is InChI=1S/C14H23N3O4S/c1-11-15-14(21-16-11)12-4-2-7-17(10-12)22(18,19)9-6-13-5-3-8-20-13/h12-13H,2-10H2,1H3/t12-,13-/m1/s1. The Morgan fingerprint density at radius 1 is 1.32 bits per heavy atom. The van der Waals surface area contributed by atoms with Crippen LogP contribution in [0, 0.1) is 6.92 Å². The highest BCUT2D eigenvalue weighted by molar-refractivity contribution is 7.89. The molecule has 2 saturated heterocycles. The zero-order valence-corrected chi connectivity index (χ0v) is 13.7. The fraction of sp³-hybridized carbons (Fsp3) is 0.857. The van der Waals surface area contributed by atoms with Crippen LogP contribution in [0.3, 0.4) is 0 Å². The van der Waals surface area contributed by atoms with E-state index in [9.17, 15) is 8.42 Å². The Balaban J connectivity index is 1.60. The lowest BCUT2D eigenvalue weighted by Gasteiger charge is -2.30. The van der Waals surface area contributed by atoms with Crippen molar-refractivity contribution in [1.29, 1.82) is 0 Å². The minimum Gasteiger partial charge on any atom is -0.378 e. The van der Waals surface area contributed by atoms with Crippen molar-refractivity contribution in [3.63, 3.8) is 0 Å². The van der Waals surface area contributed by atoms with E-state index >= 15 is 0 Å². The molecule has 1 aromatic rings. The van der Waals surface area contributed by atoms with Gasteiger partial charge in [-0.1, -0.05) is 5.16 Å². The van der Waals surface area contributed by atoms with Gasteiger partial charge in [-0.15, -0.1) is 0 Å². The van der Waals surface area contributed by atoms with E-state index in [1.165, 1.54) is 0 Å². The molecule has 3 rings (SSSR count). The van der Waals surface area contributed by atoms with Gasteiger partial charge in [0.25, 0.3) is 0 Å². The Morgan fingerprint density at radius 3 is 2.86 bits per heavy atom. The van der Waals surface area contributed by atoms with Gasteiger partial charge in [0.2, 0.25) is 15.9 Å². The molecule has 2 atom stereocenters. The second kappa shape index (κ2) is 6.64. The van der Waals surface area contributed by atoms with Crippen molar-refractivity contribution >= 4 is 10.0 Å². The van der Waals surface area contributed by atoms with Gasteiger partial charge in [-0.2, -0.15) is 4.98 Å². The van der Waals surface area contributed by atoms with E-state index < -0.39 is 10.0 Å². The monoisotopic (exact) mass is 329 g/mol. The molecular weight excluding hydrogens is 306 g/mol. The van der Waals surface area contributed by atoms with E-state index in [1.807, 2.05) is 0 Å². The predicted octanol–water partition coefficient (Wildman–Crippen LogP) is 1.46. The van der Waals surface area contributed by atoms with Crippen molar-refractivity contribution in [3.8, 4) is 0 Å². The number of hydrogen-bond donors (Lipinski definition) is 0. The summed E-state index contributed by atoms with van der Waals surface area (Å²) in [5, 5.41) is 3.80. The summed E-state index contributed by atoms with van der Waals surface area (Å²) < 4.78 is 37.4. The van der Waals surface area contributed by atoms with E-state index in [0.29, 0.717) is 31.2 Å². The second-order valence-corrected chi connectivity index (χ2v) is 8.21. The Hall–Kier alpha value is -0.990. The van der Waals surface area contributed by atoms with E-state index in [0.717, 1.165) is 32.3 Å². The first-order valence-corrected chi connectivity index (χ1v) is 9.55. The summed E-state index contributed by atoms with van der Waals surface area (Å²) in [6.45, 7) is 3.55. The number of sulfonamides is 1. The lowest BCUT2D eigenvalue weighted by molar-refractivity contribution is 0.108. The van der Waals surface area contributed by atoms with Crippen LogP contribution in [0.15, 0.2) is 4.52 Å². The molecule has 0 aliphatic carbocycles. The number of rotatable bonds is 5. The maximum atomic E-state index is 12.5. The molecule has 0 spiro atoms. The highest BCUT2D eigenvalue weighted by atomic mass is 32.2. The SMILES string of the molecule is Cc1noc([C@@H]2CCCN(S(=O)(=O)CC[C@H]3CCCO3)C2)n1. The maximum Gasteiger partial charge on any atom is 0.231 e. The molecule has 0 aromatic carbocycles. The van der Waals surface area contributed by atoms with Crippen LogP contribution < -0.4 is 0 Å². The van der Waals surface area contributed by atoms with Gasteiger partial charge in [0, 0.05) is 19.7 Å². The largest absolute Gasteiger partial charge is 0.378 e. The minimum absolute atomic E-state index is 0.00690. The molecule has 3 heterocycles. The summed E-state index contributed by atoms with van der Waals surface area (Å²) in [5.74, 6) is 1.31. The molecule has 124 valence electrons. The Bertz CT molecular complexity index is 595. The normalized spacial score (nSPS) is 27.3. The fourth-order valence-corrected chi connectivity index (χ4v) is 4.79. The predicted molar refractivity (Wildman–Crippen MR) is 80.0 cm³/mol. The number of aryl methyl sites for hydroxylation is 1. The van der Waals surface area contributed by atoms with Gasteiger partial charge in [-0.05, 0) is 39.0 Å². The van der Waals surface area contributed by atoms with Crippen LogP contribution in [0.25, 0.3) is 0 Å². The van der Waals surface area contributed by atoms with Crippen LogP contribution in [0.5, 0.6) is 0 Å². The summed E-state index contributed by atoms with van der Waals surface area (Å²) in [5.41, 5.74) is 0. The second-order valence-electron chi connectivity index (χ2n) is 6.12. The third kappa shape index (κ3) is 3.67. The molecule has 0 N–H and O–H groups in total. The van der Waals surface area contributed by atoms with Gasteiger partial charge >= 0.3 is 0 Å². The number of piperidine rings is 1. The number of hydrogen-bond acceptors (Lipinski definition) is 6. The first-order chi connectivity index (χ1) is 10.5. The molecule has 2 aliphatic rings. The first kappa shape index (κ1) is 15.9. The zero-order valence-electron chi connectivity index (χ0n) is 12.9. The molecule has 0 saturated carbocycles. The summed E-state index contributed by atoms with van der Waals surface area (Å²) in [7, 11) is -3.24. The molecule has 1 aromatic heterocycles. The van der Waals surface area contributed by atoms with E-state index in [4.69, 9.17) is 9.26 Å². The molecule has 0 amide bonds. The van der Waals surface area contributed by atoms with Crippen LogP contribution >= 0.6 is 0 Å². The summed E-state index contributed by atoms with van der Waals surface area (Å²) >= 11 is 0. The van der Waals surface area contributed by atoms with Crippen LogP contribution in [0.4, 0.5) is 0 Å². The minimum atomic E-state index is -3.24. The van der Waals surface area contributed by atoms with Gasteiger partial charge in [0.1, 0.15) is 0 Å². The summed E-state index contributed by atoms with van der Waals surface area (Å²) in [6.07, 6.45) is 4.41. The average molecular weight is 329 g/mol. The Labute approximate surface area is 131 Å². The molecule has 0 bridgehead atoms. The van der Waals surface area contributed by atoms with Gasteiger partial charge in [0.15, 0.2) is 5.82 Å². The van der Waals surface area contributed by atoms with Crippen molar-refractivity contribution < 1.29 is 17.7 Å². The lowest BCUT2D eigenvalue weighted by Crippen LogP contribution is -2.40. The van der Waals surface area contributed by atoms with Crippen molar-refractivity contribution in [2.24, 2.45) is 0 Å². The molecule has 0 unspecified atom stereocenters. The Kier molecular flexibility index (Phi) is 4.79. The van der Waals surface area contributed by atoms with Crippen molar-refractivity contribution in [3.05, 3.63) is 11.7 Å². The van der Waals surface area contributed by atoms with Crippen molar-refractivity contribution in [1.82, 2.24) is 14.4 Å². The van der Waals surface area contributed by atoms with Crippen LogP contribution in [0.2, 0.25) is 0 Å². The molecular formula is C14H23N3O4S. The zero-order chi connectivity index (χ0) is 15.6. The van der Waals surface area contributed by atoms with E-state index in [-0.39, 0.29) is 17.8 Å². The fourth-order valence-electron chi connectivity index (χ4n) is 3.16. The number of aromatic nitrogens is 2. The van der Waals surface area contributed by atoms with Crippen LogP contribution in [-0.2, 0) is 14.8 Å². The third-order valence-corrected chi connectivity index (χ3v) is 6.26. The number of ether oxygens (including phenoxy) is 1. The quantitative estimate of drug-likeness (QED) is 0.813. The lowest BCUT2D eigenvalue weighted by atomic mass is 10.00. The smallest absolute Gasteiger partial charge is 0.231 e. The van der Waals surface area contributed by atoms with Gasteiger partial charge in [0.05, 0.1) is 17.8 Å². The Morgan fingerprint density at radius 2 is 2.18 bits per heavy atom. The van der Waals surface area contributed by atoms with Gasteiger partial charge in [-0.25, -0.2) is 12.7 Å². The van der Waals surface area contributed by atoms with Gasteiger partial charge in [-0.3, -0.25) is 0 Å². The third-order valence-electron chi connectivity index (χ3n) is 4.39. The highest BCUT2D eigenvalue weighted by Gasteiger charge is 2.32. The molecule has 8 heteroatoms. The molecule has 0 radical (unpaired) electrons. The maximum absolute atomic E-state index is 12.5. The molecule has 2 fully saturated rings. The average Bonchev–Trinajstić information content (AvgIpc) is 3.17. The molecule has 22 heavy (non-hydrogen) atoms. The first-order valence-electron chi connectivity index (χ1n) is 7.94. The van der Waals surface area contributed by atoms with E-state index in [1.54, 1.807) is 11.2 Å². The molecule has 7 nitrogen and oxygen atoms in total.